The maximum atomic E-state index is 4.41. The van der Waals surface area contributed by atoms with Crippen molar-refractivity contribution in [2.75, 3.05) is 0 Å². The smallest absolute Gasteiger partial charge is 0.157 e. The molecule has 0 saturated heterocycles. The van der Waals surface area contributed by atoms with E-state index in [0.29, 0.717) is 6.54 Å². The molecule has 2 aromatic heterocycles. The lowest BCUT2D eigenvalue weighted by Gasteiger charge is -2.10. The van der Waals surface area contributed by atoms with Crippen LogP contribution in [0, 0.1) is 6.92 Å². The first-order chi connectivity index (χ1) is 11.3. The second-order valence-electron chi connectivity index (χ2n) is 5.78. The summed E-state index contributed by atoms with van der Waals surface area (Å²) in [5, 5.41) is 9.92. The third-order valence-electron chi connectivity index (χ3n) is 4.50. The predicted octanol–water partition coefficient (Wildman–Crippen LogP) is 4.32. The summed E-state index contributed by atoms with van der Waals surface area (Å²) in [5.74, 6) is 1.88. The third kappa shape index (κ3) is 1.65. The molecule has 0 aliphatic carbocycles. The van der Waals surface area contributed by atoms with Crippen LogP contribution in [-0.4, -0.2) is 19.3 Å². The average molecular weight is 365 g/mol. The van der Waals surface area contributed by atoms with Crippen molar-refractivity contribution in [1.29, 1.82) is 0 Å². The maximum absolute atomic E-state index is 4.41. The van der Waals surface area contributed by atoms with E-state index in [2.05, 4.69) is 83.8 Å². The lowest BCUT2D eigenvalue weighted by Crippen LogP contribution is -2.05. The normalized spacial score (nSPS) is 12.6. The molecule has 5 heteroatoms. The van der Waals surface area contributed by atoms with Crippen LogP contribution in [0.2, 0.25) is 0 Å². The largest absolute Gasteiger partial charge is 0.332 e. The first kappa shape index (κ1) is 13.1. The van der Waals surface area contributed by atoms with Crippen LogP contribution in [-0.2, 0) is 6.54 Å². The van der Waals surface area contributed by atoms with Crippen molar-refractivity contribution in [3.8, 4) is 16.9 Å². The van der Waals surface area contributed by atoms with E-state index in [4.69, 9.17) is 0 Å². The zero-order valence-corrected chi connectivity index (χ0v) is 14.1. The van der Waals surface area contributed by atoms with E-state index in [-0.39, 0.29) is 0 Å². The number of hydrogen-bond donors (Lipinski definition) is 0. The Bertz CT molecular complexity index is 1070. The highest BCUT2D eigenvalue weighted by Crippen LogP contribution is 2.42. The second-order valence-corrected chi connectivity index (χ2v) is 6.57. The van der Waals surface area contributed by atoms with Gasteiger partial charge in [-0.25, -0.2) is 0 Å². The molecule has 0 spiro atoms. The van der Waals surface area contributed by atoms with Crippen LogP contribution < -0.4 is 0 Å². The van der Waals surface area contributed by atoms with Crippen molar-refractivity contribution in [2.45, 2.75) is 13.5 Å². The molecular formula is C18H13BrN4. The van der Waals surface area contributed by atoms with Crippen molar-refractivity contribution in [2.24, 2.45) is 0 Å². The van der Waals surface area contributed by atoms with Crippen LogP contribution in [0.3, 0.4) is 0 Å². The van der Waals surface area contributed by atoms with Crippen molar-refractivity contribution in [3.05, 3.63) is 64.7 Å². The molecule has 112 valence electrons. The summed E-state index contributed by atoms with van der Waals surface area (Å²) in [7, 11) is 0. The van der Waals surface area contributed by atoms with Crippen LogP contribution in [0.5, 0.6) is 0 Å². The maximum Gasteiger partial charge on any atom is 0.157 e. The average Bonchev–Trinajstić information content (AvgIpc) is 3.02. The molecule has 5 rings (SSSR count). The zero-order valence-electron chi connectivity index (χ0n) is 12.5. The number of nitrogens with zero attached hydrogens (tertiary/aromatic N) is 4. The minimum Gasteiger partial charge on any atom is -0.332 e. The Morgan fingerprint density at radius 3 is 2.70 bits per heavy atom. The first-order valence-corrected chi connectivity index (χ1v) is 8.32. The number of aromatic nitrogens is 4. The Kier molecular flexibility index (Phi) is 2.59. The van der Waals surface area contributed by atoms with Gasteiger partial charge in [0.15, 0.2) is 5.82 Å². The monoisotopic (exact) mass is 364 g/mol. The van der Waals surface area contributed by atoms with E-state index in [1.807, 2.05) is 6.92 Å². The molecule has 2 aromatic carbocycles. The van der Waals surface area contributed by atoms with E-state index in [0.717, 1.165) is 21.8 Å². The highest BCUT2D eigenvalue weighted by Gasteiger charge is 2.25. The van der Waals surface area contributed by atoms with Crippen molar-refractivity contribution >= 4 is 26.8 Å². The number of para-hydroxylation sites is 2. The fraction of sp³-hybridized carbons (Fsp3) is 0.111. The Balaban J connectivity index is 1.99. The molecule has 0 fully saturated rings. The van der Waals surface area contributed by atoms with Gasteiger partial charge in [0.25, 0.3) is 0 Å². The van der Waals surface area contributed by atoms with Gasteiger partial charge in [0.1, 0.15) is 5.82 Å². The molecule has 0 saturated carbocycles. The topological polar surface area (TPSA) is 35.6 Å². The van der Waals surface area contributed by atoms with Gasteiger partial charge in [0.2, 0.25) is 0 Å². The Labute approximate surface area is 141 Å². The van der Waals surface area contributed by atoms with Crippen LogP contribution >= 0.6 is 15.9 Å². The highest BCUT2D eigenvalue weighted by molar-refractivity contribution is 9.10. The minimum atomic E-state index is 0.705. The summed E-state index contributed by atoms with van der Waals surface area (Å²) in [6.45, 7) is 2.71. The number of aryl methyl sites for hydroxylation is 1. The van der Waals surface area contributed by atoms with E-state index in [1.54, 1.807) is 0 Å². The molecule has 0 atom stereocenters. The molecule has 0 unspecified atom stereocenters. The molecule has 0 bridgehead atoms. The zero-order chi connectivity index (χ0) is 15.6. The van der Waals surface area contributed by atoms with Gasteiger partial charge < -0.3 is 4.57 Å². The predicted molar refractivity (Wildman–Crippen MR) is 93.8 cm³/mol. The van der Waals surface area contributed by atoms with E-state index >= 15 is 0 Å². The van der Waals surface area contributed by atoms with Gasteiger partial charge in [-0.15, -0.1) is 10.2 Å². The number of hydrogen-bond acceptors (Lipinski definition) is 2. The number of rotatable bonds is 0. The number of benzene rings is 2. The summed E-state index contributed by atoms with van der Waals surface area (Å²) in [4.78, 5) is 0. The van der Waals surface area contributed by atoms with Crippen LogP contribution in [0.4, 0.5) is 0 Å². The molecule has 4 nitrogen and oxygen atoms in total. The molecule has 0 amide bonds. The molecule has 0 N–H and O–H groups in total. The van der Waals surface area contributed by atoms with Crippen LogP contribution in [0.15, 0.2) is 53.0 Å². The SMILES string of the molecule is Cc1nnc2n1-c1ccccc1-c1c(Br)c3ccccc3n1C2. The second kappa shape index (κ2) is 4.55. The molecule has 1 aliphatic rings. The van der Waals surface area contributed by atoms with Gasteiger partial charge in [0.05, 0.1) is 27.9 Å². The van der Waals surface area contributed by atoms with E-state index in [1.165, 1.54) is 22.2 Å². The Morgan fingerprint density at radius 1 is 1.00 bits per heavy atom. The summed E-state index contributed by atoms with van der Waals surface area (Å²) in [6, 6.07) is 16.9. The Hall–Kier alpha value is -2.40. The van der Waals surface area contributed by atoms with Gasteiger partial charge >= 0.3 is 0 Å². The van der Waals surface area contributed by atoms with Crippen LogP contribution in [0.25, 0.3) is 27.8 Å². The molecule has 0 radical (unpaired) electrons. The standard InChI is InChI=1S/C18H13BrN4/c1-11-20-21-16-10-22-14-8-4-2-6-12(14)17(19)18(22)13-7-3-5-9-15(13)23(11)16/h2-9H,10H2,1H3. The molecule has 4 aromatic rings. The van der Waals surface area contributed by atoms with Gasteiger partial charge in [-0.3, -0.25) is 4.57 Å². The molecule has 23 heavy (non-hydrogen) atoms. The summed E-state index contributed by atoms with van der Waals surface area (Å²) >= 11 is 3.83. The fourth-order valence-electron chi connectivity index (χ4n) is 3.52. The molecular weight excluding hydrogens is 352 g/mol. The minimum absolute atomic E-state index is 0.705. The van der Waals surface area contributed by atoms with Gasteiger partial charge in [0, 0.05) is 10.9 Å². The van der Waals surface area contributed by atoms with Crippen molar-refractivity contribution < 1.29 is 0 Å². The number of fused-ring (bicyclic) bond motifs is 7. The van der Waals surface area contributed by atoms with E-state index in [9.17, 15) is 0 Å². The van der Waals surface area contributed by atoms with E-state index < -0.39 is 0 Å². The molecule has 3 heterocycles. The van der Waals surface area contributed by atoms with Crippen LogP contribution in [0.1, 0.15) is 11.6 Å². The first-order valence-electron chi connectivity index (χ1n) is 7.53. The lowest BCUT2D eigenvalue weighted by atomic mass is 10.1. The third-order valence-corrected chi connectivity index (χ3v) is 5.30. The highest BCUT2D eigenvalue weighted by atomic mass is 79.9. The summed E-state index contributed by atoms with van der Waals surface area (Å²) in [5.41, 5.74) is 4.73. The number of halogens is 1. The van der Waals surface area contributed by atoms with Gasteiger partial charge in [-0.05, 0) is 35.0 Å². The fourth-order valence-corrected chi connectivity index (χ4v) is 4.28. The van der Waals surface area contributed by atoms with Gasteiger partial charge in [-0.1, -0.05) is 36.4 Å². The summed E-state index contributed by atoms with van der Waals surface area (Å²) < 4.78 is 5.62. The quantitative estimate of drug-likeness (QED) is 0.410. The van der Waals surface area contributed by atoms with Crippen molar-refractivity contribution in [3.63, 3.8) is 0 Å². The Morgan fingerprint density at radius 2 is 1.78 bits per heavy atom. The molecule has 1 aliphatic heterocycles. The van der Waals surface area contributed by atoms with Gasteiger partial charge in [-0.2, -0.15) is 0 Å². The summed E-state index contributed by atoms with van der Waals surface area (Å²) in [6.07, 6.45) is 0. The lowest BCUT2D eigenvalue weighted by molar-refractivity contribution is 0.764. The van der Waals surface area contributed by atoms with Crippen molar-refractivity contribution in [1.82, 2.24) is 19.3 Å².